The number of rotatable bonds is 4. The lowest BCUT2D eigenvalue weighted by Crippen LogP contribution is -2.20. The predicted octanol–water partition coefficient (Wildman–Crippen LogP) is 3.88. The number of aromatic nitrogens is 2. The normalized spacial score (nSPS) is 12.9. The first kappa shape index (κ1) is 14.4. The lowest BCUT2D eigenvalue weighted by molar-refractivity contribution is 0.490. The van der Waals surface area contributed by atoms with Crippen LogP contribution in [0.15, 0.2) is 30.7 Å². The summed E-state index contributed by atoms with van der Waals surface area (Å²) in [7, 11) is 0. The van der Waals surface area contributed by atoms with Crippen molar-refractivity contribution in [3.8, 4) is 5.69 Å². The molecule has 1 atom stereocenters. The molecule has 0 fully saturated rings. The minimum Gasteiger partial charge on any atom is -0.330 e. The van der Waals surface area contributed by atoms with Crippen LogP contribution in [0.3, 0.4) is 0 Å². The van der Waals surface area contributed by atoms with E-state index in [1.54, 1.807) is 12.4 Å². The van der Waals surface area contributed by atoms with Crippen molar-refractivity contribution in [3.63, 3.8) is 0 Å². The van der Waals surface area contributed by atoms with E-state index in [-0.39, 0.29) is 5.92 Å². The van der Waals surface area contributed by atoms with Crippen molar-refractivity contribution in [2.75, 3.05) is 6.54 Å². The highest BCUT2D eigenvalue weighted by molar-refractivity contribution is 6.42. The molecule has 0 saturated heterocycles. The standard InChI is InChI=1S/C14H17Cl2N3/c1-9(2)11(6-17)14-7-18-8-19(14)10-3-4-12(15)13(16)5-10/h3-5,7-9,11H,6,17H2,1-2H3. The van der Waals surface area contributed by atoms with E-state index in [1.165, 1.54) is 0 Å². The Morgan fingerprint density at radius 2 is 2.00 bits per heavy atom. The topological polar surface area (TPSA) is 43.8 Å². The Morgan fingerprint density at radius 3 is 2.58 bits per heavy atom. The van der Waals surface area contributed by atoms with Gasteiger partial charge in [-0.25, -0.2) is 4.98 Å². The number of hydrogen-bond acceptors (Lipinski definition) is 2. The minimum atomic E-state index is 0.261. The molecule has 1 heterocycles. The number of nitrogens with two attached hydrogens (primary N) is 1. The van der Waals surface area contributed by atoms with Crippen molar-refractivity contribution in [2.24, 2.45) is 11.7 Å². The van der Waals surface area contributed by atoms with E-state index in [2.05, 4.69) is 18.8 Å². The molecule has 0 aliphatic heterocycles. The van der Waals surface area contributed by atoms with E-state index < -0.39 is 0 Å². The quantitative estimate of drug-likeness (QED) is 0.931. The van der Waals surface area contributed by atoms with Crippen LogP contribution in [0.2, 0.25) is 10.0 Å². The fourth-order valence-electron chi connectivity index (χ4n) is 2.16. The minimum absolute atomic E-state index is 0.261. The van der Waals surface area contributed by atoms with Crippen molar-refractivity contribution in [3.05, 3.63) is 46.5 Å². The van der Waals surface area contributed by atoms with Gasteiger partial charge in [-0.1, -0.05) is 37.0 Å². The molecule has 1 aromatic carbocycles. The smallest absolute Gasteiger partial charge is 0.0994 e. The van der Waals surface area contributed by atoms with Gasteiger partial charge in [0.15, 0.2) is 0 Å². The first-order valence-electron chi connectivity index (χ1n) is 6.22. The summed E-state index contributed by atoms with van der Waals surface area (Å²) in [6, 6.07) is 5.55. The molecule has 0 spiro atoms. The molecule has 0 aliphatic carbocycles. The van der Waals surface area contributed by atoms with Crippen molar-refractivity contribution in [2.45, 2.75) is 19.8 Å². The zero-order chi connectivity index (χ0) is 14.0. The fourth-order valence-corrected chi connectivity index (χ4v) is 2.46. The van der Waals surface area contributed by atoms with E-state index in [4.69, 9.17) is 28.9 Å². The molecule has 0 amide bonds. The van der Waals surface area contributed by atoms with Crippen molar-refractivity contribution in [1.82, 2.24) is 9.55 Å². The molecule has 1 aromatic heterocycles. The second-order valence-electron chi connectivity index (χ2n) is 4.87. The van der Waals surface area contributed by atoms with E-state index in [1.807, 2.05) is 22.9 Å². The summed E-state index contributed by atoms with van der Waals surface area (Å²) in [6.45, 7) is 4.90. The van der Waals surface area contributed by atoms with Crippen LogP contribution in [-0.4, -0.2) is 16.1 Å². The van der Waals surface area contributed by atoms with Crippen LogP contribution in [0.25, 0.3) is 5.69 Å². The molecule has 3 nitrogen and oxygen atoms in total. The second-order valence-corrected chi connectivity index (χ2v) is 5.69. The zero-order valence-corrected chi connectivity index (χ0v) is 12.5. The molecule has 0 bridgehead atoms. The van der Waals surface area contributed by atoms with E-state index >= 15 is 0 Å². The van der Waals surface area contributed by atoms with Gasteiger partial charge in [0.05, 0.1) is 16.4 Å². The number of nitrogens with zero attached hydrogens (tertiary/aromatic N) is 2. The van der Waals surface area contributed by atoms with Crippen LogP contribution < -0.4 is 5.73 Å². The highest BCUT2D eigenvalue weighted by Gasteiger charge is 2.19. The molecule has 5 heteroatoms. The summed E-state index contributed by atoms with van der Waals surface area (Å²) in [5.74, 6) is 0.708. The Labute approximate surface area is 123 Å². The molecular weight excluding hydrogens is 281 g/mol. The first-order valence-corrected chi connectivity index (χ1v) is 6.98. The maximum atomic E-state index is 6.07. The third-order valence-corrected chi connectivity index (χ3v) is 4.03. The number of halogens is 2. The maximum Gasteiger partial charge on any atom is 0.0994 e. The molecule has 19 heavy (non-hydrogen) atoms. The molecule has 0 radical (unpaired) electrons. The largest absolute Gasteiger partial charge is 0.330 e. The highest BCUT2D eigenvalue weighted by Crippen LogP contribution is 2.28. The summed E-state index contributed by atoms with van der Waals surface area (Å²) < 4.78 is 2.01. The second kappa shape index (κ2) is 5.95. The van der Waals surface area contributed by atoms with Gasteiger partial charge in [-0.05, 0) is 24.1 Å². The summed E-state index contributed by atoms with van der Waals surface area (Å²) in [5.41, 5.74) is 7.92. The van der Waals surface area contributed by atoms with Crippen LogP contribution in [0.5, 0.6) is 0 Å². The van der Waals surface area contributed by atoms with Crippen LogP contribution in [0.4, 0.5) is 0 Å². The van der Waals surface area contributed by atoms with Crippen LogP contribution in [0.1, 0.15) is 25.5 Å². The predicted molar refractivity (Wildman–Crippen MR) is 80.2 cm³/mol. The first-order chi connectivity index (χ1) is 9.04. The Hall–Kier alpha value is -1.03. The molecule has 2 N–H and O–H groups in total. The Balaban J connectivity index is 2.46. The van der Waals surface area contributed by atoms with Crippen molar-refractivity contribution < 1.29 is 0 Å². The number of hydrogen-bond donors (Lipinski definition) is 1. The van der Waals surface area contributed by atoms with E-state index in [0.29, 0.717) is 22.5 Å². The number of benzene rings is 1. The summed E-state index contributed by atoms with van der Waals surface area (Å²) >= 11 is 12.0. The monoisotopic (exact) mass is 297 g/mol. The summed E-state index contributed by atoms with van der Waals surface area (Å²) in [5, 5.41) is 1.08. The van der Waals surface area contributed by atoms with Crippen molar-refractivity contribution >= 4 is 23.2 Å². The van der Waals surface area contributed by atoms with Crippen LogP contribution in [0, 0.1) is 5.92 Å². The highest BCUT2D eigenvalue weighted by atomic mass is 35.5. The Morgan fingerprint density at radius 1 is 1.26 bits per heavy atom. The van der Waals surface area contributed by atoms with Gasteiger partial charge in [-0.15, -0.1) is 0 Å². The van der Waals surface area contributed by atoms with Gasteiger partial charge in [-0.2, -0.15) is 0 Å². The van der Waals surface area contributed by atoms with Gasteiger partial charge in [0.2, 0.25) is 0 Å². The molecule has 2 aromatic rings. The molecule has 0 aliphatic rings. The van der Waals surface area contributed by atoms with Gasteiger partial charge < -0.3 is 10.3 Å². The van der Waals surface area contributed by atoms with Crippen molar-refractivity contribution in [1.29, 1.82) is 0 Å². The molecular formula is C14H17Cl2N3. The van der Waals surface area contributed by atoms with Crippen LogP contribution in [-0.2, 0) is 0 Å². The average Bonchev–Trinajstić information content (AvgIpc) is 2.82. The molecule has 2 rings (SSSR count). The fraction of sp³-hybridized carbons (Fsp3) is 0.357. The number of imidazole rings is 1. The van der Waals surface area contributed by atoms with Crippen LogP contribution >= 0.6 is 23.2 Å². The third kappa shape index (κ3) is 2.94. The Bertz CT molecular complexity index is 564. The third-order valence-electron chi connectivity index (χ3n) is 3.29. The summed E-state index contributed by atoms with van der Waals surface area (Å²) in [4.78, 5) is 4.23. The SMILES string of the molecule is CC(C)C(CN)c1cncn1-c1ccc(Cl)c(Cl)c1. The van der Waals surface area contributed by atoms with Gasteiger partial charge in [0.1, 0.15) is 0 Å². The van der Waals surface area contributed by atoms with Gasteiger partial charge in [0, 0.05) is 30.0 Å². The zero-order valence-electron chi connectivity index (χ0n) is 11.0. The van der Waals surface area contributed by atoms with E-state index in [9.17, 15) is 0 Å². The molecule has 102 valence electrons. The lowest BCUT2D eigenvalue weighted by atomic mass is 9.93. The van der Waals surface area contributed by atoms with Gasteiger partial charge in [0.25, 0.3) is 0 Å². The molecule has 1 unspecified atom stereocenters. The van der Waals surface area contributed by atoms with Gasteiger partial charge in [-0.3, -0.25) is 0 Å². The lowest BCUT2D eigenvalue weighted by Gasteiger charge is -2.20. The van der Waals surface area contributed by atoms with Gasteiger partial charge >= 0.3 is 0 Å². The summed E-state index contributed by atoms with van der Waals surface area (Å²) in [6.07, 6.45) is 3.64. The average molecular weight is 298 g/mol. The van der Waals surface area contributed by atoms with E-state index in [0.717, 1.165) is 11.4 Å². The molecule has 0 saturated carbocycles. The Kier molecular flexibility index (Phi) is 4.50. The maximum absolute atomic E-state index is 6.07.